The van der Waals surface area contributed by atoms with E-state index in [-0.39, 0.29) is 12.0 Å². The van der Waals surface area contributed by atoms with Gasteiger partial charge in [0, 0.05) is 26.6 Å². The van der Waals surface area contributed by atoms with Crippen molar-refractivity contribution in [2.24, 2.45) is 0 Å². The number of hydrogen-bond donors (Lipinski definition) is 2. The van der Waals surface area contributed by atoms with Crippen LogP contribution >= 0.6 is 23.2 Å². The molecule has 7 heteroatoms. The smallest absolute Gasteiger partial charge is 0.303 e. The lowest BCUT2D eigenvalue weighted by Gasteiger charge is -2.21. The molecule has 0 heterocycles. The third-order valence-electron chi connectivity index (χ3n) is 2.85. The summed E-state index contributed by atoms with van der Waals surface area (Å²) in [7, 11) is 1.63. The van der Waals surface area contributed by atoms with Crippen molar-refractivity contribution >= 4 is 34.9 Å². The van der Waals surface area contributed by atoms with E-state index in [1.807, 2.05) is 6.92 Å². The number of hydrogen-bond acceptors (Lipinski definition) is 5. The highest BCUT2D eigenvalue weighted by Gasteiger charge is 2.18. The molecule has 21 heavy (non-hydrogen) atoms. The first-order valence-electron chi connectivity index (χ1n) is 6.49. The maximum Gasteiger partial charge on any atom is 0.303 e. The number of halogens is 2. The number of rotatable bonds is 7. The van der Waals surface area contributed by atoms with Gasteiger partial charge in [0.05, 0.1) is 22.3 Å². The fourth-order valence-corrected chi connectivity index (χ4v) is 2.34. The van der Waals surface area contributed by atoms with Crippen LogP contribution in [0.4, 0.5) is 5.69 Å². The minimum Gasteiger partial charge on any atom is -0.456 e. The van der Waals surface area contributed by atoms with E-state index >= 15 is 0 Å². The second-order valence-corrected chi connectivity index (χ2v) is 5.58. The zero-order valence-corrected chi connectivity index (χ0v) is 13.8. The lowest BCUT2D eigenvalue weighted by atomic mass is 10.1. The van der Waals surface area contributed by atoms with Gasteiger partial charge >= 0.3 is 5.97 Å². The highest BCUT2D eigenvalue weighted by molar-refractivity contribution is 6.38. The quantitative estimate of drug-likeness (QED) is 0.592. The van der Waals surface area contributed by atoms with Crippen molar-refractivity contribution in [3.05, 3.63) is 27.7 Å². The van der Waals surface area contributed by atoms with Crippen molar-refractivity contribution in [2.45, 2.75) is 26.0 Å². The van der Waals surface area contributed by atoms with E-state index < -0.39 is 6.10 Å². The normalized spacial score (nSPS) is 13.8. The highest BCUT2D eigenvalue weighted by Crippen LogP contribution is 2.32. The summed E-state index contributed by atoms with van der Waals surface area (Å²) in [4.78, 5) is 11.3. The van der Waals surface area contributed by atoms with Crippen LogP contribution in [0.1, 0.15) is 25.5 Å². The average molecular weight is 335 g/mol. The molecule has 1 rings (SSSR count). The van der Waals surface area contributed by atoms with Gasteiger partial charge in [-0.1, -0.05) is 23.2 Å². The Labute approximate surface area is 134 Å². The number of nitrogen functional groups attached to an aromatic ring is 1. The van der Waals surface area contributed by atoms with E-state index in [1.165, 1.54) is 6.92 Å². The number of benzene rings is 1. The van der Waals surface area contributed by atoms with Crippen LogP contribution in [0, 0.1) is 0 Å². The van der Waals surface area contributed by atoms with Crippen LogP contribution in [0.15, 0.2) is 12.1 Å². The lowest BCUT2D eigenvalue weighted by molar-refractivity contribution is -0.146. The molecule has 0 fully saturated rings. The van der Waals surface area contributed by atoms with Crippen LogP contribution in [0.25, 0.3) is 0 Å². The van der Waals surface area contributed by atoms with Gasteiger partial charge < -0.3 is 20.5 Å². The molecule has 0 saturated carbocycles. The molecule has 0 saturated heterocycles. The second kappa shape index (κ2) is 8.44. The average Bonchev–Trinajstić information content (AvgIpc) is 2.40. The standard InChI is InChI=1S/C14H20Cl2N2O3/c1-8(7-20-3)18-6-13(21-9(2)19)10-4-11(15)14(17)12(16)5-10/h4-5,8,13,18H,6-7,17H2,1-3H3. The Balaban J connectivity index is 2.89. The summed E-state index contributed by atoms with van der Waals surface area (Å²) in [5.74, 6) is -0.384. The first kappa shape index (κ1) is 18.0. The van der Waals surface area contributed by atoms with E-state index in [2.05, 4.69) is 5.32 Å². The Morgan fingerprint density at radius 1 is 1.38 bits per heavy atom. The summed E-state index contributed by atoms with van der Waals surface area (Å²) in [6.07, 6.45) is -0.502. The van der Waals surface area contributed by atoms with Gasteiger partial charge in [0.1, 0.15) is 6.10 Å². The van der Waals surface area contributed by atoms with Gasteiger partial charge in [-0.25, -0.2) is 0 Å². The molecule has 5 nitrogen and oxygen atoms in total. The number of methoxy groups -OCH3 is 1. The number of anilines is 1. The number of esters is 1. The summed E-state index contributed by atoms with van der Waals surface area (Å²) < 4.78 is 10.4. The summed E-state index contributed by atoms with van der Waals surface area (Å²) >= 11 is 12.0. The summed E-state index contributed by atoms with van der Waals surface area (Å²) in [5, 5.41) is 3.89. The van der Waals surface area contributed by atoms with Crippen molar-refractivity contribution < 1.29 is 14.3 Å². The fourth-order valence-electron chi connectivity index (χ4n) is 1.83. The maximum absolute atomic E-state index is 11.3. The van der Waals surface area contributed by atoms with Crippen LogP contribution < -0.4 is 11.1 Å². The molecule has 0 spiro atoms. The predicted molar refractivity (Wildman–Crippen MR) is 84.7 cm³/mol. The Bertz CT molecular complexity index is 474. The molecule has 0 radical (unpaired) electrons. The summed E-state index contributed by atoms with van der Waals surface area (Å²) in [6, 6.07) is 3.42. The molecular formula is C14H20Cl2N2O3. The molecule has 0 aliphatic carbocycles. The molecule has 1 aromatic rings. The zero-order valence-electron chi connectivity index (χ0n) is 12.3. The van der Waals surface area contributed by atoms with E-state index in [0.717, 1.165) is 0 Å². The molecular weight excluding hydrogens is 315 g/mol. The van der Waals surface area contributed by atoms with Crippen molar-refractivity contribution in [3.8, 4) is 0 Å². The van der Waals surface area contributed by atoms with Crippen LogP contribution in [-0.2, 0) is 14.3 Å². The number of carbonyl (C=O) groups is 1. The maximum atomic E-state index is 11.3. The van der Waals surface area contributed by atoms with Gasteiger partial charge in [0.25, 0.3) is 0 Å². The number of carbonyl (C=O) groups excluding carboxylic acids is 1. The largest absolute Gasteiger partial charge is 0.456 e. The second-order valence-electron chi connectivity index (χ2n) is 4.76. The van der Waals surface area contributed by atoms with Crippen molar-refractivity contribution in [3.63, 3.8) is 0 Å². The van der Waals surface area contributed by atoms with Gasteiger partial charge in [-0.15, -0.1) is 0 Å². The lowest BCUT2D eigenvalue weighted by Crippen LogP contribution is -2.34. The number of nitrogens with two attached hydrogens (primary N) is 1. The molecule has 118 valence electrons. The van der Waals surface area contributed by atoms with Gasteiger partial charge in [0.15, 0.2) is 0 Å². The van der Waals surface area contributed by atoms with E-state index in [1.54, 1.807) is 19.2 Å². The van der Waals surface area contributed by atoms with Crippen LogP contribution in [0.5, 0.6) is 0 Å². The molecule has 1 aromatic carbocycles. The molecule has 0 aliphatic rings. The SMILES string of the molecule is COCC(C)NCC(OC(C)=O)c1cc(Cl)c(N)c(Cl)c1. The minimum atomic E-state index is -0.502. The topological polar surface area (TPSA) is 73.6 Å². The molecule has 3 N–H and O–H groups in total. The minimum absolute atomic E-state index is 0.118. The molecule has 0 amide bonds. The van der Waals surface area contributed by atoms with Gasteiger partial charge in [-0.2, -0.15) is 0 Å². The monoisotopic (exact) mass is 334 g/mol. The fraction of sp³-hybridized carbons (Fsp3) is 0.500. The van der Waals surface area contributed by atoms with E-state index in [0.29, 0.717) is 34.4 Å². The van der Waals surface area contributed by atoms with Crippen molar-refractivity contribution in [1.29, 1.82) is 0 Å². The number of nitrogens with one attached hydrogen (secondary N) is 1. The third kappa shape index (κ3) is 5.71. The van der Waals surface area contributed by atoms with Gasteiger partial charge in [-0.05, 0) is 24.6 Å². The molecule has 0 aromatic heterocycles. The van der Waals surface area contributed by atoms with Crippen LogP contribution in [-0.4, -0.2) is 32.3 Å². The Kier molecular flexibility index (Phi) is 7.25. The molecule has 0 bridgehead atoms. The molecule has 2 unspecified atom stereocenters. The third-order valence-corrected chi connectivity index (χ3v) is 3.48. The predicted octanol–water partition coefficient (Wildman–Crippen LogP) is 2.80. The van der Waals surface area contributed by atoms with Crippen molar-refractivity contribution in [2.75, 3.05) is 26.0 Å². The number of ether oxygens (including phenoxy) is 2. The van der Waals surface area contributed by atoms with Crippen LogP contribution in [0.3, 0.4) is 0 Å². The van der Waals surface area contributed by atoms with Gasteiger partial charge in [0.2, 0.25) is 0 Å². The zero-order chi connectivity index (χ0) is 16.0. The summed E-state index contributed by atoms with van der Waals surface area (Å²) in [5.41, 5.74) is 6.71. The first-order chi connectivity index (χ1) is 9.85. The summed E-state index contributed by atoms with van der Waals surface area (Å²) in [6.45, 7) is 4.29. The van der Waals surface area contributed by atoms with E-state index in [9.17, 15) is 4.79 Å². The molecule has 0 aliphatic heterocycles. The van der Waals surface area contributed by atoms with E-state index in [4.69, 9.17) is 38.4 Å². The Morgan fingerprint density at radius 2 is 1.95 bits per heavy atom. The van der Waals surface area contributed by atoms with Crippen LogP contribution in [0.2, 0.25) is 10.0 Å². The molecule has 2 atom stereocenters. The first-order valence-corrected chi connectivity index (χ1v) is 7.24. The Hall–Kier alpha value is -1.01. The van der Waals surface area contributed by atoms with Crippen molar-refractivity contribution in [1.82, 2.24) is 5.32 Å². The Morgan fingerprint density at radius 3 is 2.43 bits per heavy atom. The van der Waals surface area contributed by atoms with Gasteiger partial charge in [-0.3, -0.25) is 4.79 Å². The highest BCUT2D eigenvalue weighted by atomic mass is 35.5.